The van der Waals surface area contributed by atoms with E-state index in [1.807, 2.05) is 27.7 Å². The molecule has 2 rings (SSSR count). The number of nitrogens with one attached hydrogen (secondary N) is 1. The summed E-state index contributed by atoms with van der Waals surface area (Å²) in [4.78, 5) is 25.1. The molecule has 0 atom stereocenters. The molecular formula is C15H21NO3S. The lowest BCUT2D eigenvalue weighted by molar-refractivity contribution is -0.117. The van der Waals surface area contributed by atoms with Crippen LogP contribution < -0.4 is 5.32 Å². The van der Waals surface area contributed by atoms with Crippen LogP contribution in [0.25, 0.3) is 0 Å². The second-order valence-electron chi connectivity index (χ2n) is 5.74. The van der Waals surface area contributed by atoms with E-state index in [-0.39, 0.29) is 17.8 Å². The summed E-state index contributed by atoms with van der Waals surface area (Å²) >= 11 is 1.44. The van der Waals surface area contributed by atoms with Crippen molar-refractivity contribution in [3.63, 3.8) is 0 Å². The third-order valence-electron chi connectivity index (χ3n) is 3.32. The Hall–Kier alpha value is -1.36. The number of carbonyl (C=O) groups is 2. The van der Waals surface area contributed by atoms with Gasteiger partial charge in [0.15, 0.2) is 0 Å². The molecule has 0 unspecified atom stereocenters. The Bertz CT molecular complexity index is 529. The fraction of sp³-hybridized carbons (Fsp3) is 0.600. The first-order valence-electron chi connectivity index (χ1n) is 6.98. The minimum Gasteiger partial charge on any atom is -0.462 e. The van der Waals surface area contributed by atoms with Crippen molar-refractivity contribution in [3.8, 4) is 0 Å². The molecule has 110 valence electrons. The second-order valence-corrected chi connectivity index (χ2v) is 6.97. The van der Waals surface area contributed by atoms with Gasteiger partial charge in [0, 0.05) is 10.8 Å². The van der Waals surface area contributed by atoms with E-state index < -0.39 is 0 Å². The fourth-order valence-electron chi connectivity index (χ4n) is 1.83. The zero-order valence-corrected chi connectivity index (χ0v) is 13.2. The summed E-state index contributed by atoms with van der Waals surface area (Å²) in [7, 11) is 0. The van der Waals surface area contributed by atoms with Crippen LogP contribution in [0.5, 0.6) is 0 Å². The van der Waals surface area contributed by atoms with E-state index in [1.54, 1.807) is 0 Å². The van der Waals surface area contributed by atoms with Gasteiger partial charge in [0.25, 0.3) is 0 Å². The molecule has 0 aliphatic heterocycles. The topological polar surface area (TPSA) is 55.4 Å². The first kappa shape index (κ1) is 15.0. The minimum atomic E-state index is -0.341. The van der Waals surface area contributed by atoms with Crippen molar-refractivity contribution in [2.75, 3.05) is 11.9 Å². The summed E-state index contributed by atoms with van der Waals surface area (Å²) in [6.07, 6.45) is 1.89. The normalized spacial score (nSPS) is 14.4. The van der Waals surface area contributed by atoms with E-state index in [9.17, 15) is 9.59 Å². The van der Waals surface area contributed by atoms with Crippen molar-refractivity contribution in [3.05, 3.63) is 16.0 Å². The largest absolute Gasteiger partial charge is 0.462 e. The van der Waals surface area contributed by atoms with E-state index in [0.29, 0.717) is 23.1 Å². The summed E-state index contributed by atoms with van der Waals surface area (Å²) in [6.45, 7) is 8.23. The average Bonchev–Trinajstić information content (AvgIpc) is 3.16. The summed E-state index contributed by atoms with van der Waals surface area (Å²) in [5, 5.41) is 3.51. The van der Waals surface area contributed by atoms with E-state index >= 15 is 0 Å². The summed E-state index contributed by atoms with van der Waals surface area (Å²) in [6, 6.07) is 0. The van der Waals surface area contributed by atoms with Crippen LogP contribution in [-0.2, 0) is 9.53 Å². The number of hydrogen-bond acceptors (Lipinski definition) is 4. The quantitative estimate of drug-likeness (QED) is 0.845. The van der Waals surface area contributed by atoms with Gasteiger partial charge in [-0.15, -0.1) is 11.3 Å². The Kier molecular flexibility index (Phi) is 4.48. The maximum atomic E-state index is 12.2. The van der Waals surface area contributed by atoms with Crippen molar-refractivity contribution < 1.29 is 14.3 Å². The fourth-order valence-corrected chi connectivity index (χ4v) is 2.89. The lowest BCUT2D eigenvalue weighted by Crippen LogP contribution is -2.17. The molecular weight excluding hydrogens is 274 g/mol. The smallest absolute Gasteiger partial charge is 0.341 e. The highest BCUT2D eigenvalue weighted by molar-refractivity contribution is 7.16. The monoisotopic (exact) mass is 295 g/mol. The number of ether oxygens (including phenoxy) is 1. The predicted molar refractivity (Wildman–Crippen MR) is 80.3 cm³/mol. The van der Waals surface area contributed by atoms with E-state index in [2.05, 4.69) is 5.32 Å². The van der Waals surface area contributed by atoms with Crippen LogP contribution in [-0.4, -0.2) is 18.5 Å². The lowest BCUT2D eigenvalue weighted by Gasteiger charge is -2.09. The Morgan fingerprint density at radius 3 is 2.55 bits per heavy atom. The summed E-state index contributed by atoms with van der Waals surface area (Å²) < 4.78 is 5.30. The molecule has 1 aliphatic rings. The van der Waals surface area contributed by atoms with Crippen molar-refractivity contribution in [1.82, 2.24) is 0 Å². The van der Waals surface area contributed by atoms with Gasteiger partial charge in [-0.1, -0.05) is 13.8 Å². The number of esters is 1. The van der Waals surface area contributed by atoms with Gasteiger partial charge in [-0.2, -0.15) is 0 Å². The molecule has 1 fully saturated rings. The molecule has 1 aromatic rings. The zero-order valence-electron chi connectivity index (χ0n) is 12.4. The molecule has 1 heterocycles. The Morgan fingerprint density at radius 2 is 2.00 bits per heavy atom. The van der Waals surface area contributed by atoms with Gasteiger partial charge in [-0.3, -0.25) is 4.79 Å². The van der Waals surface area contributed by atoms with Gasteiger partial charge in [-0.05, 0) is 38.2 Å². The molecule has 1 saturated carbocycles. The van der Waals surface area contributed by atoms with Crippen molar-refractivity contribution in [2.24, 2.45) is 11.8 Å². The molecule has 0 bridgehead atoms. The van der Waals surface area contributed by atoms with Crippen LogP contribution in [0.1, 0.15) is 47.5 Å². The predicted octanol–water partition coefficient (Wildman–Crippen LogP) is 3.53. The van der Waals surface area contributed by atoms with Gasteiger partial charge in [0.05, 0.1) is 12.2 Å². The van der Waals surface area contributed by atoms with E-state index in [4.69, 9.17) is 4.74 Å². The molecule has 1 amide bonds. The molecule has 1 aliphatic carbocycles. The van der Waals surface area contributed by atoms with Crippen LogP contribution in [0.15, 0.2) is 0 Å². The van der Waals surface area contributed by atoms with Crippen LogP contribution in [0.3, 0.4) is 0 Å². The minimum absolute atomic E-state index is 0.0177. The highest BCUT2D eigenvalue weighted by Crippen LogP contribution is 2.36. The van der Waals surface area contributed by atoms with E-state index in [1.165, 1.54) is 11.3 Å². The molecule has 4 nitrogen and oxygen atoms in total. The van der Waals surface area contributed by atoms with Crippen LogP contribution in [0.4, 0.5) is 5.00 Å². The van der Waals surface area contributed by atoms with Crippen molar-refractivity contribution in [1.29, 1.82) is 0 Å². The number of aryl methyl sites for hydroxylation is 1. The van der Waals surface area contributed by atoms with Gasteiger partial charge in [0.2, 0.25) is 5.91 Å². The lowest BCUT2D eigenvalue weighted by atomic mass is 10.1. The number of thiophene rings is 1. The maximum Gasteiger partial charge on any atom is 0.341 e. The van der Waals surface area contributed by atoms with Gasteiger partial charge in [0.1, 0.15) is 5.00 Å². The van der Waals surface area contributed by atoms with Crippen LogP contribution in [0.2, 0.25) is 0 Å². The van der Waals surface area contributed by atoms with Crippen molar-refractivity contribution >= 4 is 28.2 Å². The third-order valence-corrected chi connectivity index (χ3v) is 4.44. The molecule has 1 aromatic heterocycles. The SMILES string of the molecule is Cc1sc(NC(=O)C2CC2)c(C(=O)OCC(C)C)c1C. The molecule has 0 radical (unpaired) electrons. The Balaban J connectivity index is 2.16. The van der Waals surface area contributed by atoms with Crippen LogP contribution in [0, 0.1) is 25.7 Å². The Morgan fingerprint density at radius 1 is 1.35 bits per heavy atom. The van der Waals surface area contributed by atoms with Gasteiger partial charge in [-0.25, -0.2) is 4.79 Å². The van der Waals surface area contributed by atoms with Gasteiger partial charge >= 0.3 is 5.97 Å². The van der Waals surface area contributed by atoms with Crippen molar-refractivity contribution in [2.45, 2.75) is 40.5 Å². The highest BCUT2D eigenvalue weighted by Gasteiger charge is 2.31. The first-order chi connectivity index (χ1) is 9.40. The summed E-state index contributed by atoms with van der Waals surface area (Å²) in [5.41, 5.74) is 1.41. The zero-order chi connectivity index (χ0) is 14.9. The number of hydrogen-bond donors (Lipinski definition) is 1. The number of amides is 1. The third kappa shape index (κ3) is 3.39. The van der Waals surface area contributed by atoms with Gasteiger partial charge < -0.3 is 10.1 Å². The highest BCUT2D eigenvalue weighted by atomic mass is 32.1. The molecule has 20 heavy (non-hydrogen) atoms. The first-order valence-corrected chi connectivity index (χ1v) is 7.79. The average molecular weight is 295 g/mol. The number of carbonyl (C=O) groups excluding carboxylic acids is 2. The molecule has 1 N–H and O–H groups in total. The maximum absolute atomic E-state index is 12.2. The summed E-state index contributed by atoms with van der Waals surface area (Å²) in [5.74, 6) is 0.0940. The molecule has 0 aromatic carbocycles. The standard InChI is InChI=1S/C15H21NO3S/c1-8(2)7-19-15(18)12-9(3)10(4)20-14(12)16-13(17)11-5-6-11/h8,11H,5-7H2,1-4H3,(H,16,17). The molecule has 0 saturated heterocycles. The molecule has 5 heteroatoms. The molecule has 0 spiro atoms. The number of anilines is 1. The van der Waals surface area contributed by atoms with E-state index in [0.717, 1.165) is 23.3 Å². The second kappa shape index (κ2) is 5.95. The van der Waals surface area contributed by atoms with Crippen LogP contribution >= 0.6 is 11.3 Å². The Labute approximate surface area is 123 Å². The number of rotatable bonds is 5.